The third kappa shape index (κ3) is 4.32. The van der Waals surface area contributed by atoms with E-state index < -0.39 is 29.3 Å². The maximum atomic E-state index is 13.6. The van der Waals surface area contributed by atoms with Gasteiger partial charge in [-0.1, -0.05) is 22.9 Å². The molecule has 0 radical (unpaired) electrons. The van der Waals surface area contributed by atoms with Crippen molar-refractivity contribution in [3.63, 3.8) is 0 Å². The zero-order chi connectivity index (χ0) is 21.3. The van der Waals surface area contributed by atoms with Gasteiger partial charge in [-0.25, -0.2) is 9.07 Å². The Hall–Kier alpha value is -3.14. The molecule has 3 aromatic rings. The molecule has 0 unspecified atom stereocenters. The molecule has 1 aromatic heterocycles. The summed E-state index contributed by atoms with van der Waals surface area (Å²) in [6.07, 6.45) is -4.96. The Morgan fingerprint density at radius 3 is 2.48 bits per heavy atom. The second kappa shape index (κ2) is 7.70. The van der Waals surface area contributed by atoms with Gasteiger partial charge in [-0.2, -0.15) is 13.2 Å². The smallest absolute Gasteiger partial charge is 0.376 e. The minimum Gasteiger partial charge on any atom is -0.376 e. The van der Waals surface area contributed by atoms with E-state index in [-0.39, 0.29) is 11.4 Å². The molecule has 6 nitrogen and oxygen atoms in total. The van der Waals surface area contributed by atoms with Gasteiger partial charge in [0, 0.05) is 19.8 Å². The molecule has 0 bridgehead atoms. The van der Waals surface area contributed by atoms with Crippen LogP contribution in [0.1, 0.15) is 16.2 Å². The van der Waals surface area contributed by atoms with Crippen molar-refractivity contribution in [2.24, 2.45) is 0 Å². The van der Waals surface area contributed by atoms with E-state index in [4.69, 9.17) is 11.6 Å². The lowest BCUT2D eigenvalue weighted by Crippen LogP contribution is -2.21. The van der Waals surface area contributed by atoms with E-state index in [1.807, 2.05) is 0 Å². The minimum atomic E-state index is -4.96. The summed E-state index contributed by atoms with van der Waals surface area (Å²) >= 11 is 6.12. The molecule has 0 fully saturated rings. The number of alkyl halides is 3. The molecular weight excluding hydrogens is 414 g/mol. The summed E-state index contributed by atoms with van der Waals surface area (Å²) in [4.78, 5) is 14.2. The van der Waals surface area contributed by atoms with E-state index in [2.05, 4.69) is 15.6 Å². The van der Waals surface area contributed by atoms with Gasteiger partial charge in [-0.05, 0) is 36.4 Å². The van der Waals surface area contributed by atoms with E-state index in [1.54, 1.807) is 25.1 Å². The topological polar surface area (TPSA) is 63.1 Å². The summed E-state index contributed by atoms with van der Waals surface area (Å²) in [5.74, 6) is -1.89. The number of aromatic nitrogens is 3. The number of nitrogens with zero attached hydrogens (tertiary/aromatic N) is 4. The maximum Gasteiger partial charge on any atom is 0.435 e. The van der Waals surface area contributed by atoms with Crippen molar-refractivity contribution in [1.29, 1.82) is 0 Å². The lowest BCUT2D eigenvalue weighted by atomic mass is 10.2. The van der Waals surface area contributed by atoms with Gasteiger partial charge in [0.1, 0.15) is 5.82 Å². The van der Waals surface area contributed by atoms with E-state index >= 15 is 0 Å². The van der Waals surface area contributed by atoms with Gasteiger partial charge < -0.3 is 10.2 Å². The van der Waals surface area contributed by atoms with Gasteiger partial charge >= 0.3 is 6.18 Å². The van der Waals surface area contributed by atoms with Crippen LogP contribution in [0, 0.1) is 5.82 Å². The zero-order valence-electron chi connectivity index (χ0n) is 15.1. The molecule has 0 saturated heterocycles. The van der Waals surface area contributed by atoms with Crippen molar-refractivity contribution in [1.82, 2.24) is 15.0 Å². The predicted octanol–water partition coefficient (Wildman–Crippen LogP) is 4.40. The van der Waals surface area contributed by atoms with Crippen LogP contribution in [0.15, 0.2) is 42.5 Å². The number of rotatable bonds is 4. The highest BCUT2D eigenvalue weighted by molar-refractivity contribution is 6.33. The molecule has 0 spiro atoms. The first-order chi connectivity index (χ1) is 13.6. The summed E-state index contributed by atoms with van der Waals surface area (Å²) in [5.41, 5.74) is -1.75. The van der Waals surface area contributed by atoms with Gasteiger partial charge in [0.2, 0.25) is 0 Å². The lowest BCUT2D eigenvalue weighted by molar-refractivity contribution is -0.143. The van der Waals surface area contributed by atoms with E-state index in [0.29, 0.717) is 15.4 Å². The lowest BCUT2D eigenvalue weighted by Gasteiger charge is -2.15. The molecular formula is C18H14ClF4N5O. The first-order valence-corrected chi connectivity index (χ1v) is 8.53. The molecule has 152 valence electrons. The van der Waals surface area contributed by atoms with Crippen molar-refractivity contribution in [2.45, 2.75) is 6.18 Å². The van der Waals surface area contributed by atoms with Gasteiger partial charge in [-0.15, -0.1) is 5.10 Å². The molecule has 1 N–H and O–H groups in total. The molecule has 11 heteroatoms. The average Bonchev–Trinajstić information content (AvgIpc) is 3.07. The normalized spacial score (nSPS) is 11.4. The quantitative estimate of drug-likeness (QED) is 0.627. The van der Waals surface area contributed by atoms with E-state index in [9.17, 15) is 22.4 Å². The van der Waals surface area contributed by atoms with Crippen LogP contribution >= 0.6 is 11.6 Å². The van der Waals surface area contributed by atoms with Gasteiger partial charge in [-0.3, -0.25) is 4.79 Å². The number of halogens is 5. The molecule has 3 rings (SSSR count). The first kappa shape index (κ1) is 20.6. The largest absolute Gasteiger partial charge is 0.435 e. The second-order valence-electron chi connectivity index (χ2n) is 6.19. The number of carbonyl (C=O) groups excluding carboxylic acids is 1. The number of anilines is 2. The second-order valence-corrected chi connectivity index (χ2v) is 6.60. The number of amides is 1. The van der Waals surface area contributed by atoms with Crippen LogP contribution in [0.5, 0.6) is 0 Å². The zero-order valence-corrected chi connectivity index (χ0v) is 15.9. The van der Waals surface area contributed by atoms with Gasteiger partial charge in [0.15, 0.2) is 11.4 Å². The van der Waals surface area contributed by atoms with Gasteiger partial charge in [0.05, 0.1) is 16.4 Å². The molecule has 0 aliphatic heterocycles. The summed E-state index contributed by atoms with van der Waals surface area (Å²) in [6.45, 7) is 0. The summed E-state index contributed by atoms with van der Waals surface area (Å²) < 4.78 is 54.7. The SMILES string of the molecule is CN(C)c1ccc(NC(=O)c2nnn(-c3cccc(F)c3)c2C(F)(F)F)cc1Cl. The van der Waals surface area contributed by atoms with Crippen molar-refractivity contribution < 1.29 is 22.4 Å². The Labute approximate surface area is 167 Å². The highest BCUT2D eigenvalue weighted by Crippen LogP contribution is 2.33. The van der Waals surface area contributed by atoms with Crippen LogP contribution in [0.4, 0.5) is 28.9 Å². The Morgan fingerprint density at radius 2 is 1.90 bits per heavy atom. The van der Waals surface area contributed by atoms with Crippen LogP contribution in [0.25, 0.3) is 5.69 Å². The van der Waals surface area contributed by atoms with Crippen LogP contribution in [0.2, 0.25) is 5.02 Å². The van der Waals surface area contributed by atoms with Crippen molar-refractivity contribution >= 4 is 28.9 Å². The third-order valence-corrected chi connectivity index (χ3v) is 4.20. The monoisotopic (exact) mass is 427 g/mol. The van der Waals surface area contributed by atoms with Gasteiger partial charge in [0.25, 0.3) is 5.91 Å². The van der Waals surface area contributed by atoms with E-state index in [1.165, 1.54) is 24.3 Å². The summed E-state index contributed by atoms with van der Waals surface area (Å²) in [7, 11) is 3.53. The van der Waals surface area contributed by atoms with Crippen molar-refractivity contribution in [2.75, 3.05) is 24.3 Å². The average molecular weight is 428 g/mol. The molecule has 0 saturated carbocycles. The Morgan fingerprint density at radius 1 is 1.17 bits per heavy atom. The number of nitrogens with one attached hydrogen (secondary N) is 1. The molecule has 0 aliphatic rings. The maximum absolute atomic E-state index is 13.6. The highest BCUT2D eigenvalue weighted by atomic mass is 35.5. The van der Waals surface area contributed by atoms with Crippen LogP contribution < -0.4 is 10.2 Å². The predicted molar refractivity (Wildman–Crippen MR) is 100 cm³/mol. The van der Waals surface area contributed by atoms with Crippen LogP contribution in [-0.4, -0.2) is 35.0 Å². The Kier molecular flexibility index (Phi) is 5.47. The number of hydrogen-bond donors (Lipinski definition) is 1. The number of carbonyl (C=O) groups is 1. The summed E-state index contributed by atoms with van der Waals surface area (Å²) in [6, 6.07) is 8.86. The third-order valence-electron chi connectivity index (χ3n) is 3.89. The van der Waals surface area contributed by atoms with Crippen LogP contribution in [-0.2, 0) is 6.18 Å². The number of hydrogen-bond acceptors (Lipinski definition) is 4. The molecule has 0 aliphatic carbocycles. The molecule has 0 atom stereocenters. The molecule has 1 heterocycles. The molecule has 29 heavy (non-hydrogen) atoms. The minimum absolute atomic E-state index is 0.180. The van der Waals surface area contributed by atoms with Crippen molar-refractivity contribution in [3.05, 3.63) is 64.7 Å². The standard InChI is InChI=1S/C18H14ClF4N5O/c1-27(2)14-7-6-11(9-13(14)19)24-17(29)15-16(18(21,22)23)28(26-25-15)12-5-3-4-10(20)8-12/h3-9H,1-2H3,(H,24,29). The van der Waals surface area contributed by atoms with Crippen molar-refractivity contribution in [3.8, 4) is 5.69 Å². The van der Waals surface area contributed by atoms with Crippen LogP contribution in [0.3, 0.4) is 0 Å². The fourth-order valence-corrected chi connectivity index (χ4v) is 2.96. The first-order valence-electron chi connectivity index (χ1n) is 8.15. The highest BCUT2D eigenvalue weighted by Gasteiger charge is 2.42. The molecule has 1 amide bonds. The van der Waals surface area contributed by atoms with E-state index in [0.717, 1.165) is 12.1 Å². The molecule has 2 aromatic carbocycles. The Bertz CT molecular complexity index is 1060. The number of benzene rings is 2. The summed E-state index contributed by atoms with van der Waals surface area (Å²) in [5, 5.41) is 9.39. The fourth-order valence-electron chi connectivity index (χ4n) is 2.62. The Balaban J connectivity index is 1.98. The fraction of sp³-hybridized carbons (Fsp3) is 0.167.